The van der Waals surface area contributed by atoms with Crippen molar-refractivity contribution in [2.45, 2.75) is 51.5 Å². The fourth-order valence-corrected chi connectivity index (χ4v) is 4.34. The number of carboxylic acids is 1. The van der Waals surface area contributed by atoms with Gasteiger partial charge in [0.15, 0.2) is 11.5 Å². The lowest BCUT2D eigenvalue weighted by atomic mass is 10.0. The molecule has 0 fully saturated rings. The Balaban J connectivity index is 1.97. The number of aryl methyl sites for hydroxylation is 1. The summed E-state index contributed by atoms with van der Waals surface area (Å²) in [6.07, 6.45) is 1.13. The Hall–Kier alpha value is -3.48. The summed E-state index contributed by atoms with van der Waals surface area (Å²) in [6.45, 7) is 3.16. The number of fused-ring (bicyclic) bond motifs is 1. The second-order valence-corrected chi connectivity index (χ2v) is 9.37. The molecule has 0 saturated carbocycles. The second kappa shape index (κ2) is 9.64. The van der Waals surface area contributed by atoms with Crippen LogP contribution in [0.5, 0.6) is 23.0 Å². The summed E-state index contributed by atoms with van der Waals surface area (Å²) in [4.78, 5) is 22.7. The predicted molar refractivity (Wildman–Crippen MR) is 117 cm³/mol. The molecule has 0 unspecified atom stereocenters. The number of amides is 1. The summed E-state index contributed by atoms with van der Waals surface area (Å²) in [5, 5.41) is 22.0. The molecule has 0 radical (unpaired) electrons. The van der Waals surface area contributed by atoms with Gasteiger partial charge in [-0.3, -0.25) is 9.59 Å². The average Bonchev–Trinajstić information content (AvgIpc) is 3.21. The predicted octanol–water partition coefficient (Wildman–Crippen LogP) is 4.19. The van der Waals surface area contributed by atoms with E-state index in [1.807, 2.05) is 0 Å². The number of halogens is 3. The number of benzene rings is 2. The highest BCUT2D eigenvalue weighted by molar-refractivity contribution is 7.88. The van der Waals surface area contributed by atoms with Gasteiger partial charge in [-0.1, -0.05) is 6.92 Å². The Morgan fingerprint density at radius 2 is 1.77 bits per heavy atom. The normalized spacial score (nSPS) is 13.3. The van der Waals surface area contributed by atoms with Gasteiger partial charge in [0.1, 0.15) is 17.9 Å². The van der Waals surface area contributed by atoms with Crippen molar-refractivity contribution in [1.82, 2.24) is 0 Å². The molecule has 1 amide bonds. The molecule has 0 spiro atoms. The minimum Gasteiger partial charge on any atom is -0.504 e. The van der Waals surface area contributed by atoms with Crippen LogP contribution in [0.1, 0.15) is 42.0 Å². The lowest BCUT2D eigenvalue weighted by Gasteiger charge is -2.19. The molecule has 9 nitrogen and oxygen atoms in total. The molecule has 0 atom stereocenters. The highest BCUT2D eigenvalue weighted by Crippen LogP contribution is 2.45. The van der Waals surface area contributed by atoms with Crippen molar-refractivity contribution in [2.75, 3.05) is 5.32 Å². The molecule has 0 heterocycles. The molecular weight excluding hydrogens is 495 g/mol. The number of anilines is 1. The third kappa shape index (κ3) is 5.45. The zero-order valence-corrected chi connectivity index (χ0v) is 19.5. The van der Waals surface area contributed by atoms with E-state index in [-0.39, 0.29) is 17.7 Å². The first-order chi connectivity index (χ1) is 16.2. The average molecular weight is 517 g/mol. The first kappa shape index (κ1) is 26.1. The first-order valence-electron chi connectivity index (χ1n) is 10.5. The van der Waals surface area contributed by atoms with Crippen molar-refractivity contribution in [3.63, 3.8) is 0 Å². The molecule has 2 aromatic rings. The van der Waals surface area contributed by atoms with E-state index >= 15 is 0 Å². The van der Waals surface area contributed by atoms with Gasteiger partial charge in [0.25, 0.3) is 0 Å². The Morgan fingerprint density at radius 1 is 1.14 bits per heavy atom. The maximum Gasteiger partial charge on any atom is 0.534 e. The summed E-state index contributed by atoms with van der Waals surface area (Å²) in [6, 6.07) is 3.66. The van der Waals surface area contributed by atoms with Crippen LogP contribution in [-0.4, -0.2) is 36.0 Å². The molecular formula is C22H22F3NO8S. The summed E-state index contributed by atoms with van der Waals surface area (Å²) in [5.41, 5.74) is -3.35. The Kier molecular flexibility index (Phi) is 7.20. The molecule has 2 aromatic carbocycles. The van der Waals surface area contributed by atoms with Gasteiger partial charge in [-0.25, -0.2) is 0 Å². The number of aliphatic carboxylic acids is 1. The van der Waals surface area contributed by atoms with E-state index in [1.165, 1.54) is 6.92 Å². The molecule has 3 N–H and O–H groups in total. The second-order valence-electron chi connectivity index (χ2n) is 7.83. The van der Waals surface area contributed by atoms with E-state index in [0.29, 0.717) is 29.8 Å². The fourth-order valence-electron chi connectivity index (χ4n) is 3.86. The molecule has 1 aliphatic carbocycles. The van der Waals surface area contributed by atoms with E-state index in [0.717, 1.165) is 29.7 Å². The van der Waals surface area contributed by atoms with Crippen molar-refractivity contribution in [3.05, 3.63) is 40.5 Å². The third-order valence-electron chi connectivity index (χ3n) is 5.37. The number of hydrogen-bond acceptors (Lipinski definition) is 7. The van der Waals surface area contributed by atoms with Gasteiger partial charge < -0.3 is 24.4 Å². The van der Waals surface area contributed by atoms with Gasteiger partial charge in [-0.15, -0.1) is 0 Å². The number of hydrogen-bond donors (Lipinski definition) is 3. The number of carbonyl (C=O) groups excluding carboxylic acids is 1. The summed E-state index contributed by atoms with van der Waals surface area (Å²) < 4.78 is 71.0. The van der Waals surface area contributed by atoms with Crippen LogP contribution >= 0.6 is 0 Å². The van der Waals surface area contributed by atoms with Crippen LogP contribution in [0.25, 0.3) is 0 Å². The van der Waals surface area contributed by atoms with Gasteiger partial charge >= 0.3 is 21.6 Å². The number of carboxylic acid groups (broad SMARTS) is 1. The lowest BCUT2D eigenvalue weighted by molar-refractivity contribution is -0.139. The van der Waals surface area contributed by atoms with Gasteiger partial charge in [0, 0.05) is 16.8 Å². The summed E-state index contributed by atoms with van der Waals surface area (Å²) >= 11 is 0. The number of carbonyl (C=O) groups is 2. The van der Waals surface area contributed by atoms with Crippen molar-refractivity contribution < 1.29 is 50.3 Å². The minimum absolute atomic E-state index is 0.0582. The maximum atomic E-state index is 12.7. The summed E-state index contributed by atoms with van der Waals surface area (Å²) in [7, 11) is -5.93. The van der Waals surface area contributed by atoms with E-state index in [9.17, 15) is 36.3 Å². The molecule has 0 bridgehead atoms. The maximum absolute atomic E-state index is 12.7. The van der Waals surface area contributed by atoms with Gasteiger partial charge in [0.05, 0.1) is 0 Å². The largest absolute Gasteiger partial charge is 0.534 e. The molecule has 0 aromatic heterocycles. The van der Waals surface area contributed by atoms with Crippen LogP contribution in [-0.2, 0) is 39.0 Å². The van der Waals surface area contributed by atoms with Gasteiger partial charge in [-0.2, -0.15) is 21.6 Å². The number of rotatable bonds is 8. The van der Waals surface area contributed by atoms with Crippen LogP contribution < -0.4 is 14.2 Å². The topological polar surface area (TPSA) is 139 Å². The van der Waals surface area contributed by atoms with Gasteiger partial charge in [0.2, 0.25) is 5.91 Å². The smallest absolute Gasteiger partial charge is 0.504 e. The van der Waals surface area contributed by atoms with Crippen molar-refractivity contribution >= 4 is 27.7 Å². The van der Waals surface area contributed by atoms with Crippen LogP contribution in [0.4, 0.5) is 18.9 Å². The van der Waals surface area contributed by atoms with Crippen LogP contribution in [0, 0.1) is 6.92 Å². The quantitative estimate of drug-likeness (QED) is 0.269. The Bertz CT molecular complexity index is 1290. The van der Waals surface area contributed by atoms with Crippen molar-refractivity contribution in [1.29, 1.82) is 0 Å². The number of nitrogens with one attached hydrogen (secondary N) is 1. The molecule has 35 heavy (non-hydrogen) atoms. The highest BCUT2D eigenvalue weighted by Gasteiger charge is 2.49. The number of phenols is 1. The van der Waals surface area contributed by atoms with E-state index in [4.69, 9.17) is 9.84 Å². The summed E-state index contributed by atoms with van der Waals surface area (Å²) in [5.74, 6) is -2.97. The molecule has 13 heteroatoms. The zero-order valence-electron chi connectivity index (χ0n) is 18.7. The lowest BCUT2D eigenvalue weighted by Crippen LogP contribution is -2.28. The molecule has 3 rings (SSSR count). The SMILES string of the molecule is CCc1c(OS(=O)(=O)C(F)(F)F)ccc(Oc2c(C)cc(NC(=O)CC(=O)O)c3c2CCC3)c1O. The van der Waals surface area contributed by atoms with Crippen LogP contribution in [0.15, 0.2) is 18.2 Å². The zero-order chi connectivity index (χ0) is 26.1. The molecule has 0 saturated heterocycles. The van der Waals surface area contributed by atoms with Crippen LogP contribution in [0.3, 0.4) is 0 Å². The molecule has 190 valence electrons. The van der Waals surface area contributed by atoms with E-state index < -0.39 is 45.4 Å². The van der Waals surface area contributed by atoms with Crippen molar-refractivity contribution in [2.24, 2.45) is 0 Å². The monoisotopic (exact) mass is 517 g/mol. The Labute approximate surface area is 198 Å². The number of alkyl halides is 3. The fraction of sp³-hybridized carbons (Fsp3) is 0.364. The molecule has 1 aliphatic rings. The highest BCUT2D eigenvalue weighted by atomic mass is 32.2. The number of phenolic OH excluding ortho intramolecular Hbond substituents is 1. The van der Waals surface area contributed by atoms with Crippen molar-refractivity contribution in [3.8, 4) is 23.0 Å². The first-order valence-corrected chi connectivity index (χ1v) is 11.9. The number of ether oxygens (including phenoxy) is 1. The minimum atomic E-state index is -5.93. The Morgan fingerprint density at radius 3 is 2.37 bits per heavy atom. The number of aromatic hydroxyl groups is 1. The third-order valence-corrected chi connectivity index (χ3v) is 6.34. The van der Waals surface area contributed by atoms with E-state index in [2.05, 4.69) is 9.50 Å². The van der Waals surface area contributed by atoms with E-state index in [1.54, 1.807) is 13.0 Å². The molecule has 0 aliphatic heterocycles. The van der Waals surface area contributed by atoms with Gasteiger partial charge in [-0.05, 0) is 61.9 Å². The van der Waals surface area contributed by atoms with Crippen LogP contribution in [0.2, 0.25) is 0 Å². The standard InChI is InChI=1S/C22H22F3NO8S/c1-3-12-16(34-35(31,32)22(23,24)25)7-8-17(20(12)30)33-21-11(2)9-15(13-5-4-6-14(13)21)26-18(27)10-19(28)29/h7-9,30H,3-6,10H2,1-2H3,(H,26,27)(H,28,29).